The quantitative estimate of drug-likeness (QED) is 0.843. The summed E-state index contributed by atoms with van der Waals surface area (Å²) >= 11 is 0. The molecule has 0 aromatic heterocycles. The van der Waals surface area contributed by atoms with Crippen LogP contribution in [0.5, 0.6) is 5.75 Å². The van der Waals surface area contributed by atoms with Gasteiger partial charge >= 0.3 is 0 Å². The molecule has 2 saturated heterocycles. The molecule has 5 heteroatoms. The van der Waals surface area contributed by atoms with Crippen LogP contribution in [0.25, 0.3) is 0 Å². The van der Waals surface area contributed by atoms with E-state index in [-0.39, 0.29) is 11.8 Å². The Morgan fingerprint density at radius 3 is 2.96 bits per heavy atom. The minimum atomic E-state index is 0.0626. The van der Waals surface area contributed by atoms with Crippen LogP contribution in [0.1, 0.15) is 49.7 Å². The summed E-state index contributed by atoms with van der Waals surface area (Å²) in [5.74, 6) is 1.77. The van der Waals surface area contributed by atoms with Gasteiger partial charge in [-0.05, 0) is 81.4 Å². The van der Waals surface area contributed by atoms with Crippen molar-refractivity contribution in [2.24, 2.45) is 11.8 Å². The van der Waals surface area contributed by atoms with Crippen LogP contribution in [0, 0.1) is 11.8 Å². The Bertz CT molecular complexity index is 773. The number of rotatable bonds is 3. The maximum Gasteiger partial charge on any atom is 0.228 e. The van der Waals surface area contributed by atoms with Crippen LogP contribution in [-0.2, 0) is 16.6 Å². The van der Waals surface area contributed by atoms with Gasteiger partial charge in [-0.3, -0.25) is 4.79 Å². The summed E-state index contributed by atoms with van der Waals surface area (Å²) in [6.45, 7) is 2.89. The highest BCUT2D eigenvalue weighted by atomic mass is 16.5. The van der Waals surface area contributed by atoms with E-state index in [9.17, 15) is 4.79 Å². The summed E-state index contributed by atoms with van der Waals surface area (Å²) in [4.78, 5) is 15.3. The summed E-state index contributed by atoms with van der Waals surface area (Å²) in [5.41, 5.74) is 4.10. The molecule has 3 fully saturated rings. The second-order valence-corrected chi connectivity index (χ2v) is 9.40. The highest BCUT2D eigenvalue weighted by Gasteiger charge is 2.53. The van der Waals surface area contributed by atoms with Crippen LogP contribution in [0.15, 0.2) is 12.1 Å². The first-order valence-corrected chi connectivity index (χ1v) is 11.1. The van der Waals surface area contributed by atoms with Crippen LogP contribution in [0.4, 0.5) is 5.69 Å². The molecule has 2 unspecified atom stereocenters. The standard InChI is InChI=1S/C23H33N3O2/c1-26-10-8-23-7-4-3-5-17(23)20(26)12-16-11-19(21(28-2)13-18(16)23)25-22(27)15-6-9-24-14-15/h11,13,15,17,20,24H,3-10,12,14H2,1-2H3,(H,25,27)/t15?,17?,20-,23+/m0/s1. The minimum absolute atomic E-state index is 0.0626. The van der Waals surface area contributed by atoms with E-state index < -0.39 is 0 Å². The highest BCUT2D eigenvalue weighted by Crippen LogP contribution is 2.56. The molecule has 1 aromatic rings. The van der Waals surface area contributed by atoms with Crippen molar-refractivity contribution in [2.75, 3.05) is 39.1 Å². The largest absolute Gasteiger partial charge is 0.495 e. The molecule has 0 spiro atoms. The van der Waals surface area contributed by atoms with Gasteiger partial charge in [0.2, 0.25) is 5.91 Å². The smallest absolute Gasteiger partial charge is 0.228 e. The molecular formula is C23H33N3O2. The summed E-state index contributed by atoms with van der Waals surface area (Å²) in [5, 5.41) is 6.46. The fraction of sp³-hybridized carbons (Fsp3) is 0.696. The van der Waals surface area contributed by atoms with E-state index in [0.717, 1.165) is 43.3 Å². The fourth-order valence-electron chi connectivity index (χ4n) is 6.62. The van der Waals surface area contributed by atoms with Gasteiger partial charge in [0.05, 0.1) is 18.7 Å². The van der Waals surface area contributed by atoms with Crippen molar-refractivity contribution < 1.29 is 9.53 Å². The van der Waals surface area contributed by atoms with Gasteiger partial charge < -0.3 is 20.3 Å². The SMILES string of the molecule is COc1cc2c(cc1NC(=O)C1CCNC1)C[C@H]1C3CCCC[C@]23CCN1C. The zero-order valence-corrected chi connectivity index (χ0v) is 17.2. The van der Waals surface area contributed by atoms with Crippen molar-refractivity contribution >= 4 is 11.6 Å². The van der Waals surface area contributed by atoms with Crippen molar-refractivity contribution in [3.8, 4) is 5.75 Å². The summed E-state index contributed by atoms with van der Waals surface area (Å²) < 4.78 is 5.77. The van der Waals surface area contributed by atoms with Crippen molar-refractivity contribution in [3.63, 3.8) is 0 Å². The predicted molar refractivity (Wildman–Crippen MR) is 111 cm³/mol. The first-order valence-electron chi connectivity index (χ1n) is 11.1. The Morgan fingerprint density at radius 2 is 2.18 bits per heavy atom. The van der Waals surface area contributed by atoms with E-state index >= 15 is 0 Å². The summed E-state index contributed by atoms with van der Waals surface area (Å²) in [6, 6.07) is 5.14. The number of carbonyl (C=O) groups excluding carboxylic acids is 1. The number of hydrogen-bond acceptors (Lipinski definition) is 4. The van der Waals surface area contributed by atoms with Crippen LogP contribution >= 0.6 is 0 Å². The van der Waals surface area contributed by atoms with Gasteiger partial charge in [0.25, 0.3) is 0 Å². The molecule has 2 aliphatic heterocycles. The van der Waals surface area contributed by atoms with Crippen LogP contribution in [0.3, 0.4) is 0 Å². The number of methoxy groups -OCH3 is 1. The van der Waals surface area contributed by atoms with Gasteiger partial charge in [-0.15, -0.1) is 0 Å². The number of amides is 1. The molecule has 1 aromatic carbocycles. The Hall–Kier alpha value is -1.59. The number of fused-ring (bicyclic) bond motifs is 1. The summed E-state index contributed by atoms with van der Waals surface area (Å²) in [7, 11) is 4.03. The second-order valence-electron chi connectivity index (χ2n) is 9.40. The van der Waals surface area contributed by atoms with Gasteiger partial charge in [-0.1, -0.05) is 12.8 Å². The third kappa shape index (κ3) is 2.78. The normalized spacial score (nSPS) is 34.4. The number of carbonyl (C=O) groups is 1. The molecule has 152 valence electrons. The molecule has 2 N–H and O–H groups in total. The average Bonchev–Trinajstić information content (AvgIpc) is 3.25. The van der Waals surface area contributed by atoms with Crippen molar-refractivity contribution in [2.45, 2.75) is 56.4 Å². The van der Waals surface area contributed by atoms with Gasteiger partial charge in [-0.2, -0.15) is 0 Å². The lowest BCUT2D eigenvalue weighted by molar-refractivity contribution is -0.119. The van der Waals surface area contributed by atoms with Crippen molar-refractivity contribution in [1.29, 1.82) is 0 Å². The number of benzene rings is 1. The van der Waals surface area contributed by atoms with E-state index in [4.69, 9.17) is 4.74 Å². The Labute approximate surface area is 168 Å². The predicted octanol–water partition coefficient (Wildman–Crippen LogP) is 2.93. The molecular weight excluding hydrogens is 350 g/mol. The summed E-state index contributed by atoms with van der Waals surface area (Å²) in [6.07, 6.45) is 8.61. The molecule has 2 aliphatic carbocycles. The second kappa shape index (κ2) is 7.03. The molecule has 1 saturated carbocycles. The maximum absolute atomic E-state index is 12.7. The van der Waals surface area contributed by atoms with E-state index in [1.54, 1.807) is 7.11 Å². The Morgan fingerprint density at radius 1 is 1.29 bits per heavy atom. The molecule has 2 heterocycles. The fourth-order valence-corrected chi connectivity index (χ4v) is 6.62. The van der Waals surface area contributed by atoms with Crippen LogP contribution < -0.4 is 15.4 Å². The molecule has 0 radical (unpaired) electrons. The zero-order chi connectivity index (χ0) is 19.3. The Balaban J connectivity index is 1.53. The van der Waals surface area contributed by atoms with Crippen molar-refractivity contribution in [3.05, 3.63) is 23.3 Å². The van der Waals surface area contributed by atoms with E-state index in [1.165, 1.54) is 49.8 Å². The minimum Gasteiger partial charge on any atom is -0.495 e. The third-order valence-electron chi connectivity index (χ3n) is 8.12. The Kier molecular flexibility index (Phi) is 4.63. The van der Waals surface area contributed by atoms with Gasteiger partial charge in [0, 0.05) is 18.0 Å². The number of nitrogens with one attached hydrogen (secondary N) is 2. The highest BCUT2D eigenvalue weighted by molar-refractivity contribution is 5.94. The van der Waals surface area contributed by atoms with Crippen LogP contribution in [0.2, 0.25) is 0 Å². The van der Waals surface area contributed by atoms with Crippen LogP contribution in [-0.4, -0.2) is 50.6 Å². The molecule has 5 nitrogen and oxygen atoms in total. The van der Waals surface area contributed by atoms with Gasteiger partial charge in [0.15, 0.2) is 0 Å². The van der Waals surface area contributed by atoms with Gasteiger partial charge in [-0.25, -0.2) is 0 Å². The molecule has 28 heavy (non-hydrogen) atoms. The number of likely N-dealkylation sites (N-methyl/N-ethyl adjacent to an activating group) is 1. The molecule has 2 bridgehead atoms. The first kappa shape index (κ1) is 18.4. The lowest BCUT2D eigenvalue weighted by Gasteiger charge is -2.58. The lowest BCUT2D eigenvalue weighted by Crippen LogP contribution is -2.59. The number of piperidine rings is 1. The van der Waals surface area contributed by atoms with Gasteiger partial charge in [0.1, 0.15) is 5.75 Å². The number of nitrogens with zero attached hydrogens (tertiary/aromatic N) is 1. The third-order valence-corrected chi connectivity index (χ3v) is 8.12. The molecule has 5 rings (SSSR count). The molecule has 4 atom stereocenters. The maximum atomic E-state index is 12.7. The molecule has 1 amide bonds. The lowest BCUT2D eigenvalue weighted by atomic mass is 9.52. The van der Waals surface area contributed by atoms with E-state index in [1.807, 2.05) is 0 Å². The average molecular weight is 384 g/mol. The number of likely N-dealkylation sites (tertiary alicyclic amines) is 1. The number of hydrogen-bond donors (Lipinski definition) is 2. The topological polar surface area (TPSA) is 53.6 Å². The monoisotopic (exact) mass is 383 g/mol. The van der Waals surface area contributed by atoms with E-state index in [0.29, 0.717) is 11.5 Å². The first-order chi connectivity index (χ1) is 13.6. The molecule has 4 aliphatic rings. The van der Waals surface area contributed by atoms with E-state index in [2.05, 4.69) is 34.7 Å². The zero-order valence-electron chi connectivity index (χ0n) is 17.2. The number of ether oxygens (including phenoxy) is 1. The van der Waals surface area contributed by atoms with Crippen molar-refractivity contribution in [1.82, 2.24) is 10.2 Å². The number of anilines is 1.